The molecule has 7 nitrogen and oxygen atoms in total. The van der Waals surface area contributed by atoms with Crippen molar-refractivity contribution in [1.82, 2.24) is 24.9 Å². The van der Waals surface area contributed by atoms with E-state index in [-0.39, 0.29) is 11.9 Å². The molecular weight excluding hydrogens is 282 g/mol. The fraction of sp³-hybridized carbons (Fsp3) is 0.467. The number of hydrogen-bond donors (Lipinski definition) is 0. The fourth-order valence-corrected chi connectivity index (χ4v) is 2.60. The van der Waals surface area contributed by atoms with Crippen LogP contribution < -0.4 is 0 Å². The molecule has 2 aromatic heterocycles. The van der Waals surface area contributed by atoms with Crippen molar-refractivity contribution in [1.29, 1.82) is 0 Å². The lowest BCUT2D eigenvalue weighted by Crippen LogP contribution is -2.49. The van der Waals surface area contributed by atoms with Gasteiger partial charge in [-0.1, -0.05) is 11.2 Å². The van der Waals surface area contributed by atoms with E-state index in [0.29, 0.717) is 30.5 Å². The summed E-state index contributed by atoms with van der Waals surface area (Å²) in [5.74, 6) is 1.26. The summed E-state index contributed by atoms with van der Waals surface area (Å²) in [6.45, 7) is 6.76. The molecule has 0 saturated carbocycles. The molecule has 0 spiro atoms. The van der Waals surface area contributed by atoms with Crippen LogP contribution in [0.25, 0.3) is 0 Å². The minimum absolute atomic E-state index is 0.0125. The van der Waals surface area contributed by atoms with E-state index in [2.05, 4.69) is 20.0 Å². The van der Waals surface area contributed by atoms with E-state index in [1.165, 1.54) is 0 Å². The van der Waals surface area contributed by atoms with Crippen LogP contribution in [0.15, 0.2) is 28.9 Å². The summed E-state index contributed by atoms with van der Waals surface area (Å²) in [6.07, 6.45) is 1.64. The van der Waals surface area contributed by atoms with Crippen molar-refractivity contribution < 1.29 is 9.32 Å². The van der Waals surface area contributed by atoms with Gasteiger partial charge in [0.2, 0.25) is 5.89 Å². The topological polar surface area (TPSA) is 75.4 Å². The predicted molar refractivity (Wildman–Crippen MR) is 79.2 cm³/mol. The fourth-order valence-electron chi connectivity index (χ4n) is 2.60. The van der Waals surface area contributed by atoms with Gasteiger partial charge in [-0.3, -0.25) is 14.7 Å². The van der Waals surface area contributed by atoms with Crippen LogP contribution in [0.2, 0.25) is 0 Å². The van der Waals surface area contributed by atoms with Crippen molar-refractivity contribution in [3.63, 3.8) is 0 Å². The van der Waals surface area contributed by atoms with Crippen molar-refractivity contribution in [3.8, 4) is 0 Å². The second-order valence-corrected chi connectivity index (χ2v) is 5.40. The maximum Gasteiger partial charge on any atom is 0.272 e. The second-order valence-electron chi connectivity index (χ2n) is 5.40. The number of aryl methyl sites for hydroxylation is 1. The predicted octanol–water partition coefficient (Wildman–Crippen LogP) is 1.29. The van der Waals surface area contributed by atoms with E-state index in [9.17, 15) is 4.79 Å². The quantitative estimate of drug-likeness (QED) is 0.850. The Bertz CT molecular complexity index is 634. The van der Waals surface area contributed by atoms with Gasteiger partial charge in [0.25, 0.3) is 5.91 Å². The summed E-state index contributed by atoms with van der Waals surface area (Å²) < 4.78 is 5.23. The SMILES string of the molecule is Cc1noc(C(C)N2CCN(C(=O)c3ccccn3)CC2)n1. The van der Waals surface area contributed by atoms with Crippen LogP contribution in [0.5, 0.6) is 0 Å². The number of carbonyl (C=O) groups is 1. The van der Waals surface area contributed by atoms with E-state index in [0.717, 1.165) is 13.1 Å². The lowest BCUT2D eigenvalue weighted by atomic mass is 10.2. The van der Waals surface area contributed by atoms with Gasteiger partial charge in [-0.25, -0.2) is 0 Å². The Hall–Kier alpha value is -2.28. The van der Waals surface area contributed by atoms with Gasteiger partial charge in [0.1, 0.15) is 5.69 Å². The highest BCUT2D eigenvalue weighted by atomic mass is 16.5. The van der Waals surface area contributed by atoms with Crippen LogP contribution in [0.3, 0.4) is 0 Å². The lowest BCUT2D eigenvalue weighted by Gasteiger charge is -2.36. The molecule has 1 fully saturated rings. The van der Waals surface area contributed by atoms with Crippen LogP contribution in [-0.2, 0) is 0 Å². The van der Waals surface area contributed by atoms with Crippen molar-refractivity contribution in [3.05, 3.63) is 41.8 Å². The van der Waals surface area contributed by atoms with Crippen molar-refractivity contribution in [2.45, 2.75) is 19.9 Å². The Morgan fingerprint density at radius 3 is 2.64 bits per heavy atom. The molecule has 1 unspecified atom stereocenters. The second kappa shape index (κ2) is 6.23. The minimum Gasteiger partial charge on any atom is -0.338 e. The molecule has 22 heavy (non-hydrogen) atoms. The van der Waals surface area contributed by atoms with Gasteiger partial charge in [0.15, 0.2) is 5.82 Å². The molecule has 2 aromatic rings. The number of nitrogens with zero attached hydrogens (tertiary/aromatic N) is 5. The van der Waals surface area contributed by atoms with Crippen molar-refractivity contribution in [2.75, 3.05) is 26.2 Å². The van der Waals surface area contributed by atoms with Crippen LogP contribution in [0.1, 0.15) is 35.2 Å². The Labute approximate surface area is 128 Å². The first-order valence-electron chi connectivity index (χ1n) is 7.39. The van der Waals surface area contributed by atoms with Gasteiger partial charge in [-0.2, -0.15) is 4.98 Å². The van der Waals surface area contributed by atoms with Gasteiger partial charge in [-0.15, -0.1) is 0 Å². The maximum atomic E-state index is 12.4. The van der Waals surface area contributed by atoms with E-state index in [1.807, 2.05) is 30.9 Å². The Kier molecular flexibility index (Phi) is 4.15. The maximum absolute atomic E-state index is 12.4. The summed E-state index contributed by atoms with van der Waals surface area (Å²) in [7, 11) is 0. The van der Waals surface area contributed by atoms with Crippen molar-refractivity contribution in [2.24, 2.45) is 0 Å². The summed E-state index contributed by atoms with van der Waals surface area (Å²) in [5, 5.41) is 3.83. The molecule has 1 aliphatic heterocycles. The zero-order valence-corrected chi connectivity index (χ0v) is 12.8. The number of amides is 1. The first kappa shape index (κ1) is 14.6. The molecule has 0 N–H and O–H groups in total. The van der Waals surface area contributed by atoms with E-state index >= 15 is 0 Å². The first-order valence-corrected chi connectivity index (χ1v) is 7.39. The molecule has 3 heterocycles. The highest BCUT2D eigenvalue weighted by molar-refractivity contribution is 5.92. The molecule has 7 heteroatoms. The number of piperazine rings is 1. The Balaban J connectivity index is 1.59. The third kappa shape index (κ3) is 2.99. The monoisotopic (exact) mass is 301 g/mol. The molecule has 1 saturated heterocycles. The van der Waals surface area contributed by atoms with E-state index in [1.54, 1.807) is 12.3 Å². The van der Waals surface area contributed by atoms with E-state index < -0.39 is 0 Å². The number of rotatable bonds is 3. The number of aromatic nitrogens is 3. The minimum atomic E-state index is -0.0125. The van der Waals surface area contributed by atoms with Gasteiger partial charge in [0.05, 0.1) is 6.04 Å². The van der Waals surface area contributed by atoms with Crippen LogP contribution in [0.4, 0.5) is 0 Å². The number of pyridine rings is 1. The van der Waals surface area contributed by atoms with Gasteiger partial charge < -0.3 is 9.42 Å². The average Bonchev–Trinajstić information content (AvgIpc) is 3.01. The first-order chi connectivity index (χ1) is 10.6. The standard InChI is InChI=1S/C15H19N5O2/c1-11(14-17-12(2)18-22-14)19-7-9-20(10-8-19)15(21)13-5-3-4-6-16-13/h3-6,11H,7-10H2,1-2H3. The van der Waals surface area contributed by atoms with Crippen LogP contribution >= 0.6 is 0 Å². The molecule has 1 aliphatic rings. The highest BCUT2D eigenvalue weighted by Gasteiger charge is 2.28. The summed E-state index contributed by atoms with van der Waals surface area (Å²) in [6, 6.07) is 5.45. The molecule has 116 valence electrons. The zero-order chi connectivity index (χ0) is 15.5. The largest absolute Gasteiger partial charge is 0.338 e. The highest BCUT2D eigenvalue weighted by Crippen LogP contribution is 2.20. The Morgan fingerprint density at radius 2 is 2.05 bits per heavy atom. The molecule has 0 radical (unpaired) electrons. The molecular formula is C15H19N5O2. The third-order valence-electron chi connectivity index (χ3n) is 3.93. The van der Waals surface area contributed by atoms with Gasteiger partial charge >= 0.3 is 0 Å². The van der Waals surface area contributed by atoms with Crippen molar-refractivity contribution >= 4 is 5.91 Å². The lowest BCUT2D eigenvalue weighted by molar-refractivity contribution is 0.0546. The zero-order valence-electron chi connectivity index (χ0n) is 12.8. The molecule has 3 rings (SSSR count). The summed E-state index contributed by atoms with van der Waals surface area (Å²) in [4.78, 5) is 24.8. The molecule has 1 atom stereocenters. The number of carbonyl (C=O) groups excluding carboxylic acids is 1. The van der Waals surface area contributed by atoms with Gasteiger partial charge in [-0.05, 0) is 26.0 Å². The van der Waals surface area contributed by atoms with Crippen LogP contribution in [0, 0.1) is 6.92 Å². The van der Waals surface area contributed by atoms with Crippen LogP contribution in [-0.4, -0.2) is 57.0 Å². The third-order valence-corrected chi connectivity index (χ3v) is 3.93. The normalized spacial score (nSPS) is 17.5. The molecule has 0 aromatic carbocycles. The molecule has 0 aliphatic carbocycles. The number of hydrogen-bond acceptors (Lipinski definition) is 6. The molecule has 0 bridgehead atoms. The molecule has 1 amide bonds. The smallest absolute Gasteiger partial charge is 0.272 e. The average molecular weight is 301 g/mol. The van der Waals surface area contributed by atoms with Gasteiger partial charge in [0, 0.05) is 32.4 Å². The van der Waals surface area contributed by atoms with E-state index in [4.69, 9.17) is 4.52 Å². The Morgan fingerprint density at radius 1 is 1.27 bits per heavy atom. The summed E-state index contributed by atoms with van der Waals surface area (Å²) >= 11 is 0. The summed E-state index contributed by atoms with van der Waals surface area (Å²) in [5.41, 5.74) is 0.497.